The van der Waals surface area contributed by atoms with Gasteiger partial charge in [-0.25, -0.2) is 9.97 Å². The number of anilines is 3. The van der Waals surface area contributed by atoms with E-state index in [-0.39, 0.29) is 0 Å². The molecule has 0 bridgehead atoms. The summed E-state index contributed by atoms with van der Waals surface area (Å²) in [5, 5.41) is 6.23. The summed E-state index contributed by atoms with van der Waals surface area (Å²) in [5.74, 6) is 1.87. The summed E-state index contributed by atoms with van der Waals surface area (Å²) < 4.78 is 6.39. The fraction of sp³-hybridized carbons (Fsp3) is 0.231. The summed E-state index contributed by atoms with van der Waals surface area (Å²) in [6.07, 6.45) is 1.49. The lowest BCUT2D eigenvalue weighted by Gasteiger charge is -2.14. The highest BCUT2D eigenvalue weighted by atomic mass is 79.9. The van der Waals surface area contributed by atoms with Gasteiger partial charge in [0.2, 0.25) is 5.75 Å². The van der Waals surface area contributed by atoms with Crippen LogP contribution in [0.4, 0.5) is 17.3 Å². The SMILES string of the molecule is CNc1ncnc(Nc2ccc(Br)cc2C)c1OC. The van der Waals surface area contributed by atoms with Crippen LogP contribution < -0.4 is 15.4 Å². The first kappa shape index (κ1) is 13.6. The third kappa shape index (κ3) is 2.96. The van der Waals surface area contributed by atoms with Crippen molar-refractivity contribution in [1.82, 2.24) is 9.97 Å². The Hall–Kier alpha value is -1.82. The molecular weight excluding hydrogens is 308 g/mol. The molecule has 1 heterocycles. The van der Waals surface area contributed by atoms with Gasteiger partial charge in [-0.05, 0) is 30.7 Å². The monoisotopic (exact) mass is 322 g/mol. The minimum Gasteiger partial charge on any atom is -0.490 e. The van der Waals surface area contributed by atoms with Gasteiger partial charge in [0.15, 0.2) is 11.6 Å². The van der Waals surface area contributed by atoms with Crippen LogP contribution >= 0.6 is 15.9 Å². The van der Waals surface area contributed by atoms with Crippen LogP contribution in [-0.2, 0) is 0 Å². The maximum absolute atomic E-state index is 5.34. The number of methoxy groups -OCH3 is 1. The van der Waals surface area contributed by atoms with Crippen LogP contribution in [0.3, 0.4) is 0 Å². The van der Waals surface area contributed by atoms with Crippen LogP contribution in [-0.4, -0.2) is 24.1 Å². The lowest BCUT2D eigenvalue weighted by molar-refractivity contribution is 0.415. The number of aryl methyl sites for hydroxylation is 1. The Morgan fingerprint density at radius 3 is 2.58 bits per heavy atom. The molecule has 2 aromatic rings. The molecule has 19 heavy (non-hydrogen) atoms. The molecule has 0 saturated carbocycles. The van der Waals surface area contributed by atoms with E-state index < -0.39 is 0 Å². The van der Waals surface area contributed by atoms with Crippen molar-refractivity contribution in [3.05, 3.63) is 34.6 Å². The molecule has 2 N–H and O–H groups in total. The van der Waals surface area contributed by atoms with E-state index in [1.165, 1.54) is 6.33 Å². The average Bonchev–Trinajstić information content (AvgIpc) is 2.41. The van der Waals surface area contributed by atoms with E-state index in [0.29, 0.717) is 17.4 Å². The summed E-state index contributed by atoms with van der Waals surface area (Å²) in [6, 6.07) is 6.00. The Morgan fingerprint density at radius 2 is 1.95 bits per heavy atom. The number of halogens is 1. The number of ether oxygens (including phenoxy) is 1. The van der Waals surface area contributed by atoms with Gasteiger partial charge in [0.25, 0.3) is 0 Å². The summed E-state index contributed by atoms with van der Waals surface area (Å²) in [7, 11) is 3.39. The van der Waals surface area contributed by atoms with Crippen molar-refractivity contribution in [3.63, 3.8) is 0 Å². The number of rotatable bonds is 4. The van der Waals surface area contributed by atoms with E-state index >= 15 is 0 Å². The molecule has 5 nitrogen and oxygen atoms in total. The molecule has 0 fully saturated rings. The Morgan fingerprint density at radius 1 is 1.21 bits per heavy atom. The molecule has 0 aliphatic carbocycles. The van der Waals surface area contributed by atoms with Crippen LogP contribution in [0.2, 0.25) is 0 Å². The number of nitrogens with one attached hydrogen (secondary N) is 2. The highest BCUT2D eigenvalue weighted by molar-refractivity contribution is 9.10. The van der Waals surface area contributed by atoms with Crippen molar-refractivity contribution in [3.8, 4) is 5.75 Å². The molecular formula is C13H15BrN4O. The quantitative estimate of drug-likeness (QED) is 0.904. The highest BCUT2D eigenvalue weighted by Gasteiger charge is 2.11. The smallest absolute Gasteiger partial charge is 0.204 e. The Bertz CT molecular complexity index is 589. The van der Waals surface area contributed by atoms with Crippen LogP contribution in [0.1, 0.15) is 5.56 Å². The van der Waals surface area contributed by atoms with Crippen LogP contribution in [0, 0.1) is 6.92 Å². The van der Waals surface area contributed by atoms with Gasteiger partial charge in [0.05, 0.1) is 7.11 Å². The van der Waals surface area contributed by atoms with Gasteiger partial charge in [0, 0.05) is 17.2 Å². The first-order valence-electron chi connectivity index (χ1n) is 5.75. The first-order chi connectivity index (χ1) is 9.15. The second kappa shape index (κ2) is 5.88. The average molecular weight is 323 g/mol. The van der Waals surface area contributed by atoms with E-state index in [1.807, 2.05) is 25.1 Å². The summed E-state index contributed by atoms with van der Waals surface area (Å²) >= 11 is 3.44. The largest absolute Gasteiger partial charge is 0.490 e. The molecule has 0 unspecified atom stereocenters. The molecule has 1 aromatic carbocycles. The second-order valence-corrected chi connectivity index (χ2v) is 4.85. The molecule has 0 amide bonds. The molecule has 6 heteroatoms. The zero-order chi connectivity index (χ0) is 13.8. The lowest BCUT2D eigenvalue weighted by Crippen LogP contribution is -2.03. The van der Waals surface area contributed by atoms with E-state index in [1.54, 1.807) is 14.2 Å². The Kier molecular flexibility index (Phi) is 4.21. The zero-order valence-corrected chi connectivity index (χ0v) is 12.6. The van der Waals surface area contributed by atoms with Gasteiger partial charge in [-0.1, -0.05) is 15.9 Å². The molecule has 1 aromatic heterocycles. The number of benzene rings is 1. The van der Waals surface area contributed by atoms with Crippen molar-refractivity contribution >= 4 is 33.3 Å². The van der Waals surface area contributed by atoms with Gasteiger partial charge in [-0.3, -0.25) is 0 Å². The molecule has 2 rings (SSSR count). The fourth-order valence-corrected chi connectivity index (χ4v) is 2.20. The van der Waals surface area contributed by atoms with Gasteiger partial charge in [-0.15, -0.1) is 0 Å². The number of nitrogens with zero attached hydrogens (tertiary/aromatic N) is 2. The third-order valence-corrected chi connectivity index (χ3v) is 3.18. The first-order valence-corrected chi connectivity index (χ1v) is 6.55. The molecule has 0 spiro atoms. The van der Waals surface area contributed by atoms with Gasteiger partial charge in [-0.2, -0.15) is 0 Å². The molecule has 0 saturated heterocycles. The number of aromatic nitrogens is 2. The number of hydrogen-bond donors (Lipinski definition) is 2. The van der Waals surface area contributed by atoms with Crippen LogP contribution in [0.25, 0.3) is 0 Å². The molecule has 0 radical (unpaired) electrons. The fourth-order valence-electron chi connectivity index (χ4n) is 1.73. The van der Waals surface area contributed by atoms with Crippen molar-refractivity contribution < 1.29 is 4.74 Å². The van der Waals surface area contributed by atoms with Crippen molar-refractivity contribution in [2.45, 2.75) is 6.92 Å². The Balaban J connectivity index is 2.37. The third-order valence-electron chi connectivity index (χ3n) is 2.69. The second-order valence-electron chi connectivity index (χ2n) is 3.94. The van der Waals surface area contributed by atoms with Gasteiger partial charge in [0.1, 0.15) is 6.33 Å². The van der Waals surface area contributed by atoms with Gasteiger partial charge < -0.3 is 15.4 Å². The van der Waals surface area contributed by atoms with Crippen molar-refractivity contribution in [1.29, 1.82) is 0 Å². The molecule has 0 atom stereocenters. The summed E-state index contributed by atoms with van der Waals surface area (Å²) in [5.41, 5.74) is 2.09. The van der Waals surface area contributed by atoms with E-state index in [2.05, 4.69) is 36.5 Å². The summed E-state index contributed by atoms with van der Waals surface area (Å²) in [6.45, 7) is 2.03. The lowest BCUT2D eigenvalue weighted by atomic mass is 10.2. The van der Waals surface area contributed by atoms with Crippen molar-refractivity contribution in [2.75, 3.05) is 24.8 Å². The predicted molar refractivity (Wildman–Crippen MR) is 80.3 cm³/mol. The van der Waals surface area contributed by atoms with E-state index in [0.717, 1.165) is 15.7 Å². The van der Waals surface area contributed by atoms with E-state index in [9.17, 15) is 0 Å². The minimum atomic E-state index is 0.590. The normalized spacial score (nSPS) is 10.1. The maximum Gasteiger partial charge on any atom is 0.204 e. The van der Waals surface area contributed by atoms with Crippen molar-refractivity contribution in [2.24, 2.45) is 0 Å². The van der Waals surface area contributed by atoms with Crippen LogP contribution in [0.15, 0.2) is 29.0 Å². The zero-order valence-electron chi connectivity index (χ0n) is 11.0. The molecule has 100 valence electrons. The maximum atomic E-state index is 5.34. The van der Waals surface area contributed by atoms with Crippen LogP contribution in [0.5, 0.6) is 5.75 Å². The summed E-state index contributed by atoms with van der Waals surface area (Å²) in [4.78, 5) is 8.33. The van der Waals surface area contributed by atoms with Gasteiger partial charge >= 0.3 is 0 Å². The standard InChI is InChI=1S/C13H15BrN4O/c1-8-6-9(14)4-5-10(8)18-13-11(19-3)12(15-2)16-7-17-13/h4-7H,1-3H3,(H2,15,16,17,18). The highest BCUT2D eigenvalue weighted by Crippen LogP contribution is 2.32. The molecule has 0 aliphatic heterocycles. The predicted octanol–water partition coefficient (Wildman–Crippen LogP) is 3.34. The Labute approximate surface area is 120 Å². The number of hydrogen-bond acceptors (Lipinski definition) is 5. The molecule has 0 aliphatic rings. The minimum absolute atomic E-state index is 0.590. The van der Waals surface area contributed by atoms with E-state index in [4.69, 9.17) is 4.74 Å². The topological polar surface area (TPSA) is 59.1 Å².